The Balaban J connectivity index is 1.60. The third kappa shape index (κ3) is 6.42. The van der Waals surface area contributed by atoms with Gasteiger partial charge in [-0.1, -0.05) is 60.7 Å². The smallest absolute Gasteiger partial charge is 0.163 e. The van der Waals surface area contributed by atoms with Gasteiger partial charge in [0.25, 0.3) is 0 Å². The molecule has 0 spiro atoms. The Labute approximate surface area is 134 Å². The van der Waals surface area contributed by atoms with E-state index >= 15 is 0 Å². The summed E-state index contributed by atoms with van der Waals surface area (Å²) in [7, 11) is 0. The Morgan fingerprint density at radius 2 is 1.32 bits per heavy atom. The Morgan fingerprint density at radius 3 is 1.95 bits per heavy atom. The quantitative estimate of drug-likeness (QED) is 0.480. The fourth-order valence-electron chi connectivity index (χ4n) is 2.27. The second-order valence-electron chi connectivity index (χ2n) is 5.97. The summed E-state index contributed by atoms with van der Waals surface area (Å²) in [4.78, 5) is 0. The van der Waals surface area contributed by atoms with Crippen LogP contribution in [0.1, 0.15) is 37.8 Å². The Kier molecular flexibility index (Phi) is 6.63. The van der Waals surface area contributed by atoms with Crippen LogP contribution in [-0.2, 0) is 22.5 Å². The van der Waals surface area contributed by atoms with E-state index in [-0.39, 0.29) is 0 Å². The van der Waals surface area contributed by atoms with Crippen molar-refractivity contribution in [1.82, 2.24) is 0 Å². The van der Waals surface area contributed by atoms with Crippen molar-refractivity contribution in [1.29, 1.82) is 0 Å². The van der Waals surface area contributed by atoms with Crippen molar-refractivity contribution in [2.24, 2.45) is 0 Å². The molecule has 0 aliphatic carbocycles. The average Bonchev–Trinajstić information content (AvgIpc) is 2.55. The van der Waals surface area contributed by atoms with Gasteiger partial charge >= 0.3 is 0 Å². The lowest BCUT2D eigenvalue weighted by molar-refractivity contribution is -0.220. The average molecular weight is 298 g/mol. The van der Waals surface area contributed by atoms with Crippen LogP contribution in [0.15, 0.2) is 60.7 Å². The minimum Gasteiger partial charge on any atom is -0.351 e. The molecule has 0 fully saturated rings. The largest absolute Gasteiger partial charge is 0.351 e. The normalized spacial score (nSPS) is 11.5. The van der Waals surface area contributed by atoms with E-state index in [0.29, 0.717) is 6.61 Å². The summed E-state index contributed by atoms with van der Waals surface area (Å²) in [5.74, 6) is -0.539. The number of rotatable bonds is 9. The zero-order valence-electron chi connectivity index (χ0n) is 13.6. The summed E-state index contributed by atoms with van der Waals surface area (Å²) in [6.07, 6.45) is 3.29. The molecule has 2 nitrogen and oxygen atoms in total. The molecule has 22 heavy (non-hydrogen) atoms. The van der Waals surface area contributed by atoms with E-state index in [1.165, 1.54) is 11.1 Å². The number of hydrogen-bond acceptors (Lipinski definition) is 2. The molecule has 118 valence electrons. The summed E-state index contributed by atoms with van der Waals surface area (Å²) in [6.45, 7) is 5.27. The van der Waals surface area contributed by atoms with Gasteiger partial charge in [-0.15, -0.1) is 0 Å². The van der Waals surface area contributed by atoms with E-state index < -0.39 is 5.79 Å². The first-order valence-corrected chi connectivity index (χ1v) is 8.01. The molecule has 0 saturated heterocycles. The molecule has 0 aliphatic heterocycles. The van der Waals surface area contributed by atoms with Crippen molar-refractivity contribution in [3.8, 4) is 0 Å². The first-order chi connectivity index (χ1) is 10.7. The van der Waals surface area contributed by atoms with Crippen LogP contribution in [-0.4, -0.2) is 12.4 Å². The SMILES string of the molecule is CC(C)(OCCCCc1ccccc1)OCc1ccccc1. The van der Waals surface area contributed by atoms with Crippen LogP contribution in [0.2, 0.25) is 0 Å². The third-order valence-corrected chi connectivity index (χ3v) is 3.58. The summed E-state index contributed by atoms with van der Waals surface area (Å²) in [6, 6.07) is 20.8. The molecular formula is C20H26O2. The third-order valence-electron chi connectivity index (χ3n) is 3.58. The maximum absolute atomic E-state index is 5.87. The molecule has 0 aromatic heterocycles. The van der Waals surface area contributed by atoms with Gasteiger partial charge in [0.15, 0.2) is 5.79 Å². The molecule has 0 saturated carbocycles. The van der Waals surface area contributed by atoms with Gasteiger partial charge in [0.05, 0.1) is 13.2 Å². The minimum absolute atomic E-state index is 0.539. The van der Waals surface area contributed by atoms with Gasteiger partial charge in [0, 0.05) is 0 Å². The fourth-order valence-corrected chi connectivity index (χ4v) is 2.27. The molecule has 0 bridgehead atoms. The van der Waals surface area contributed by atoms with Crippen molar-refractivity contribution >= 4 is 0 Å². The number of unbranched alkanes of at least 4 members (excludes halogenated alkanes) is 1. The summed E-state index contributed by atoms with van der Waals surface area (Å²) in [5, 5.41) is 0. The summed E-state index contributed by atoms with van der Waals surface area (Å²) in [5.41, 5.74) is 2.56. The first kappa shape index (κ1) is 16.7. The maximum Gasteiger partial charge on any atom is 0.163 e. The zero-order chi connectivity index (χ0) is 15.7. The minimum atomic E-state index is -0.539. The molecule has 0 amide bonds. The zero-order valence-corrected chi connectivity index (χ0v) is 13.6. The van der Waals surface area contributed by atoms with Crippen molar-refractivity contribution in [2.45, 2.75) is 45.5 Å². The molecule has 0 N–H and O–H groups in total. The molecular weight excluding hydrogens is 272 g/mol. The van der Waals surface area contributed by atoms with Crippen LogP contribution in [0.4, 0.5) is 0 Å². The predicted octanol–water partition coefficient (Wildman–Crippen LogP) is 4.98. The monoisotopic (exact) mass is 298 g/mol. The van der Waals surface area contributed by atoms with Gasteiger partial charge < -0.3 is 9.47 Å². The van der Waals surface area contributed by atoms with Crippen LogP contribution in [0.5, 0.6) is 0 Å². The maximum atomic E-state index is 5.87. The van der Waals surface area contributed by atoms with Crippen LogP contribution >= 0.6 is 0 Å². The highest BCUT2D eigenvalue weighted by Crippen LogP contribution is 2.15. The van der Waals surface area contributed by atoms with Crippen molar-refractivity contribution < 1.29 is 9.47 Å². The van der Waals surface area contributed by atoms with E-state index in [0.717, 1.165) is 25.9 Å². The highest BCUT2D eigenvalue weighted by Gasteiger charge is 2.18. The second-order valence-corrected chi connectivity index (χ2v) is 5.97. The Hall–Kier alpha value is -1.64. The molecule has 0 unspecified atom stereocenters. The van der Waals surface area contributed by atoms with E-state index in [2.05, 4.69) is 42.5 Å². The van der Waals surface area contributed by atoms with Gasteiger partial charge in [-0.25, -0.2) is 0 Å². The number of benzene rings is 2. The molecule has 2 aromatic carbocycles. The fraction of sp³-hybridized carbons (Fsp3) is 0.400. The van der Waals surface area contributed by atoms with Crippen LogP contribution in [0.25, 0.3) is 0 Å². The molecule has 0 heterocycles. The standard InChI is InChI=1S/C20H26O2/c1-20(2,22-17-19-14-7-4-8-15-19)21-16-10-9-13-18-11-5-3-6-12-18/h3-8,11-12,14-15H,9-10,13,16-17H2,1-2H3. The van der Waals surface area contributed by atoms with Gasteiger partial charge in [-0.3, -0.25) is 0 Å². The molecule has 0 aliphatic rings. The molecule has 2 heteroatoms. The molecule has 2 aromatic rings. The lowest BCUT2D eigenvalue weighted by atomic mass is 10.1. The number of hydrogen-bond donors (Lipinski definition) is 0. The first-order valence-electron chi connectivity index (χ1n) is 8.01. The lowest BCUT2D eigenvalue weighted by Crippen LogP contribution is -2.28. The Bertz CT molecular complexity index is 520. The topological polar surface area (TPSA) is 18.5 Å². The van der Waals surface area contributed by atoms with Crippen LogP contribution < -0.4 is 0 Å². The lowest BCUT2D eigenvalue weighted by Gasteiger charge is -2.26. The second kappa shape index (κ2) is 8.72. The number of aryl methyl sites for hydroxylation is 1. The van der Waals surface area contributed by atoms with E-state index in [9.17, 15) is 0 Å². The summed E-state index contributed by atoms with van der Waals surface area (Å²) >= 11 is 0. The van der Waals surface area contributed by atoms with Crippen molar-refractivity contribution in [2.75, 3.05) is 6.61 Å². The van der Waals surface area contributed by atoms with Crippen LogP contribution in [0, 0.1) is 0 Å². The molecule has 2 rings (SSSR count). The summed E-state index contributed by atoms with van der Waals surface area (Å²) < 4.78 is 11.7. The van der Waals surface area contributed by atoms with Gasteiger partial charge in [-0.05, 0) is 44.2 Å². The van der Waals surface area contributed by atoms with Gasteiger partial charge in [-0.2, -0.15) is 0 Å². The van der Waals surface area contributed by atoms with Crippen LogP contribution in [0.3, 0.4) is 0 Å². The van der Waals surface area contributed by atoms with E-state index in [1.807, 2.05) is 32.0 Å². The highest BCUT2D eigenvalue weighted by molar-refractivity contribution is 5.14. The van der Waals surface area contributed by atoms with Crippen molar-refractivity contribution in [3.63, 3.8) is 0 Å². The van der Waals surface area contributed by atoms with Gasteiger partial charge in [0.1, 0.15) is 0 Å². The van der Waals surface area contributed by atoms with E-state index in [4.69, 9.17) is 9.47 Å². The Morgan fingerprint density at radius 1 is 0.727 bits per heavy atom. The number of ether oxygens (including phenoxy) is 2. The highest BCUT2D eigenvalue weighted by atomic mass is 16.7. The predicted molar refractivity (Wildman–Crippen MR) is 90.6 cm³/mol. The van der Waals surface area contributed by atoms with Gasteiger partial charge in [0.2, 0.25) is 0 Å². The van der Waals surface area contributed by atoms with E-state index in [1.54, 1.807) is 0 Å². The molecule has 0 atom stereocenters. The van der Waals surface area contributed by atoms with Crippen molar-refractivity contribution in [3.05, 3.63) is 71.8 Å². The molecule has 0 radical (unpaired) electrons.